The van der Waals surface area contributed by atoms with Gasteiger partial charge in [-0.15, -0.1) is 0 Å². The minimum atomic E-state index is -0.281. The Labute approximate surface area is 126 Å². The molecule has 0 aliphatic carbocycles. The first-order valence-electron chi connectivity index (χ1n) is 7.61. The number of rotatable bonds is 3. The maximum absolute atomic E-state index is 6.19. The highest BCUT2D eigenvalue weighted by Gasteiger charge is 2.47. The summed E-state index contributed by atoms with van der Waals surface area (Å²) in [5, 5.41) is 3.25. The lowest BCUT2D eigenvalue weighted by Gasteiger charge is -2.27. The minimum Gasteiger partial charge on any atom is -0.491 e. The zero-order chi connectivity index (χ0) is 15.3. The van der Waals surface area contributed by atoms with Crippen LogP contribution in [0.25, 0.3) is 0 Å². The Balaban J connectivity index is 1.78. The van der Waals surface area contributed by atoms with E-state index in [1.165, 1.54) is 5.56 Å². The molecule has 21 heavy (non-hydrogen) atoms. The molecule has 2 heterocycles. The summed E-state index contributed by atoms with van der Waals surface area (Å²) in [6.07, 6.45) is 0.934. The summed E-state index contributed by atoms with van der Waals surface area (Å²) >= 11 is 0. The van der Waals surface area contributed by atoms with Gasteiger partial charge in [0.2, 0.25) is 0 Å². The molecule has 1 saturated heterocycles. The van der Waals surface area contributed by atoms with E-state index in [-0.39, 0.29) is 23.3 Å². The molecule has 3 rings (SSSR count). The van der Waals surface area contributed by atoms with Crippen molar-refractivity contribution in [2.24, 2.45) is 0 Å². The first-order valence-corrected chi connectivity index (χ1v) is 7.61. The van der Waals surface area contributed by atoms with Crippen LogP contribution in [0.4, 0.5) is 0 Å². The maximum atomic E-state index is 6.19. The van der Waals surface area contributed by atoms with E-state index >= 15 is 0 Å². The highest BCUT2D eigenvalue weighted by Crippen LogP contribution is 2.41. The van der Waals surface area contributed by atoms with Crippen LogP contribution in [0.2, 0.25) is 0 Å². The molecule has 2 atom stereocenters. The molecule has 2 aliphatic rings. The number of benzene rings is 1. The Bertz CT molecular complexity index is 539. The van der Waals surface area contributed by atoms with E-state index < -0.39 is 0 Å². The standard InChI is InChI=1S/C17H25NO3/c1-16(2)9-15(17(3,4)21-16)20-11-6-7-12-13(18-5)10-19-14(12)8-11/h6-8,13,15,18H,9-10H2,1-5H3. The van der Waals surface area contributed by atoms with Gasteiger partial charge in [-0.3, -0.25) is 0 Å². The molecular weight excluding hydrogens is 266 g/mol. The second kappa shape index (κ2) is 4.89. The molecular formula is C17H25NO3. The smallest absolute Gasteiger partial charge is 0.130 e. The van der Waals surface area contributed by atoms with Crippen LogP contribution in [0.5, 0.6) is 11.5 Å². The zero-order valence-electron chi connectivity index (χ0n) is 13.5. The quantitative estimate of drug-likeness (QED) is 0.929. The van der Waals surface area contributed by atoms with E-state index in [0.717, 1.165) is 17.9 Å². The van der Waals surface area contributed by atoms with E-state index in [0.29, 0.717) is 6.61 Å². The van der Waals surface area contributed by atoms with Crippen molar-refractivity contribution in [3.05, 3.63) is 23.8 Å². The SMILES string of the molecule is CNC1COc2cc(OC3CC(C)(C)OC3(C)C)ccc21. The molecule has 4 heteroatoms. The largest absolute Gasteiger partial charge is 0.491 e. The van der Waals surface area contributed by atoms with E-state index in [1.807, 2.05) is 19.2 Å². The summed E-state index contributed by atoms with van der Waals surface area (Å²) in [7, 11) is 1.95. The molecule has 1 fully saturated rings. The van der Waals surface area contributed by atoms with Crippen LogP contribution >= 0.6 is 0 Å². The Kier molecular flexibility index (Phi) is 3.41. The van der Waals surface area contributed by atoms with Gasteiger partial charge in [-0.25, -0.2) is 0 Å². The highest BCUT2D eigenvalue weighted by molar-refractivity contribution is 5.45. The van der Waals surface area contributed by atoms with Gasteiger partial charge >= 0.3 is 0 Å². The normalized spacial score (nSPS) is 29.0. The van der Waals surface area contributed by atoms with Gasteiger partial charge in [0.05, 0.1) is 11.6 Å². The van der Waals surface area contributed by atoms with Crippen molar-refractivity contribution in [1.82, 2.24) is 5.32 Å². The van der Waals surface area contributed by atoms with E-state index in [2.05, 4.69) is 39.1 Å². The molecule has 2 aliphatic heterocycles. The first-order chi connectivity index (χ1) is 9.81. The second-order valence-corrected chi connectivity index (χ2v) is 7.13. The predicted molar refractivity (Wildman–Crippen MR) is 82.0 cm³/mol. The predicted octanol–water partition coefficient (Wildman–Crippen LogP) is 3.06. The summed E-state index contributed by atoms with van der Waals surface area (Å²) in [4.78, 5) is 0. The van der Waals surface area contributed by atoms with Crippen molar-refractivity contribution in [3.63, 3.8) is 0 Å². The minimum absolute atomic E-state index is 0.0482. The summed E-state index contributed by atoms with van der Waals surface area (Å²) in [6.45, 7) is 9.09. The average Bonchev–Trinajstić information content (AvgIpc) is 2.86. The van der Waals surface area contributed by atoms with Crippen LogP contribution in [-0.2, 0) is 4.74 Å². The maximum Gasteiger partial charge on any atom is 0.130 e. The second-order valence-electron chi connectivity index (χ2n) is 7.13. The number of nitrogens with one attached hydrogen (secondary N) is 1. The molecule has 1 N–H and O–H groups in total. The Morgan fingerprint density at radius 3 is 2.62 bits per heavy atom. The van der Waals surface area contributed by atoms with Crippen molar-refractivity contribution >= 4 is 0 Å². The van der Waals surface area contributed by atoms with Gasteiger partial charge in [0.15, 0.2) is 0 Å². The number of hydrogen-bond acceptors (Lipinski definition) is 4. The van der Waals surface area contributed by atoms with Gasteiger partial charge in [0, 0.05) is 18.1 Å². The monoisotopic (exact) mass is 291 g/mol. The third-order valence-electron chi connectivity index (χ3n) is 4.38. The molecule has 116 valence electrons. The summed E-state index contributed by atoms with van der Waals surface area (Å²) in [5.41, 5.74) is 0.780. The summed E-state index contributed by atoms with van der Waals surface area (Å²) < 4.78 is 18.0. The summed E-state index contributed by atoms with van der Waals surface area (Å²) in [5.74, 6) is 1.77. The van der Waals surface area contributed by atoms with Gasteiger partial charge in [0.25, 0.3) is 0 Å². The molecule has 0 spiro atoms. The third-order valence-corrected chi connectivity index (χ3v) is 4.38. The Morgan fingerprint density at radius 1 is 1.24 bits per heavy atom. The molecule has 4 nitrogen and oxygen atoms in total. The Hall–Kier alpha value is -1.26. The van der Waals surface area contributed by atoms with Gasteiger partial charge in [0.1, 0.15) is 29.8 Å². The van der Waals surface area contributed by atoms with Gasteiger partial charge in [-0.1, -0.05) is 0 Å². The molecule has 0 amide bonds. The lowest BCUT2D eigenvalue weighted by Crippen LogP contribution is -2.36. The van der Waals surface area contributed by atoms with Crippen LogP contribution in [0, 0.1) is 0 Å². The third kappa shape index (κ3) is 2.74. The van der Waals surface area contributed by atoms with Crippen molar-refractivity contribution in [2.75, 3.05) is 13.7 Å². The molecule has 1 aromatic carbocycles. The van der Waals surface area contributed by atoms with Crippen molar-refractivity contribution in [3.8, 4) is 11.5 Å². The van der Waals surface area contributed by atoms with E-state index in [1.54, 1.807) is 0 Å². The van der Waals surface area contributed by atoms with Gasteiger partial charge in [-0.05, 0) is 46.9 Å². The van der Waals surface area contributed by atoms with Gasteiger partial charge < -0.3 is 19.5 Å². The molecule has 0 radical (unpaired) electrons. The van der Waals surface area contributed by atoms with Crippen LogP contribution in [0.3, 0.4) is 0 Å². The average molecular weight is 291 g/mol. The number of fused-ring (bicyclic) bond motifs is 1. The molecule has 2 unspecified atom stereocenters. The number of likely N-dealkylation sites (N-methyl/N-ethyl adjacent to an activating group) is 1. The lowest BCUT2D eigenvalue weighted by molar-refractivity contribution is -0.0846. The van der Waals surface area contributed by atoms with Crippen LogP contribution in [-0.4, -0.2) is 31.0 Å². The molecule has 0 bridgehead atoms. The van der Waals surface area contributed by atoms with Gasteiger partial charge in [-0.2, -0.15) is 0 Å². The summed E-state index contributed by atoms with van der Waals surface area (Å²) in [6, 6.07) is 6.39. The van der Waals surface area contributed by atoms with Crippen LogP contribution < -0.4 is 14.8 Å². The lowest BCUT2D eigenvalue weighted by atomic mass is 9.97. The molecule has 0 aromatic heterocycles. The molecule has 0 saturated carbocycles. The fourth-order valence-corrected chi connectivity index (χ4v) is 3.36. The van der Waals surface area contributed by atoms with E-state index in [4.69, 9.17) is 14.2 Å². The van der Waals surface area contributed by atoms with Crippen molar-refractivity contribution in [1.29, 1.82) is 0 Å². The highest BCUT2D eigenvalue weighted by atomic mass is 16.6. The fraction of sp³-hybridized carbons (Fsp3) is 0.647. The zero-order valence-corrected chi connectivity index (χ0v) is 13.5. The molecule has 1 aromatic rings. The van der Waals surface area contributed by atoms with Crippen molar-refractivity contribution < 1.29 is 14.2 Å². The van der Waals surface area contributed by atoms with Crippen molar-refractivity contribution in [2.45, 2.75) is 57.5 Å². The topological polar surface area (TPSA) is 39.7 Å². The fourth-order valence-electron chi connectivity index (χ4n) is 3.36. The van der Waals surface area contributed by atoms with Crippen LogP contribution in [0.15, 0.2) is 18.2 Å². The number of hydrogen-bond donors (Lipinski definition) is 1. The van der Waals surface area contributed by atoms with Crippen LogP contribution in [0.1, 0.15) is 45.7 Å². The van der Waals surface area contributed by atoms with E-state index in [9.17, 15) is 0 Å². The Morgan fingerprint density at radius 2 is 2.00 bits per heavy atom. The first kappa shape index (κ1) is 14.7. The number of ether oxygens (including phenoxy) is 3.